The highest BCUT2D eigenvalue weighted by molar-refractivity contribution is 6.03. The number of fused-ring (bicyclic) bond motifs is 3. The molecule has 0 fully saturated rings. The van der Waals surface area contributed by atoms with E-state index in [1.807, 2.05) is 49.0 Å². The van der Waals surface area contributed by atoms with Crippen molar-refractivity contribution >= 4 is 27.9 Å². The van der Waals surface area contributed by atoms with Crippen molar-refractivity contribution in [2.45, 2.75) is 6.92 Å². The van der Waals surface area contributed by atoms with Gasteiger partial charge in [-0.25, -0.2) is 4.98 Å². The number of nitrogens with zero attached hydrogens (tertiary/aromatic N) is 5. The third-order valence-corrected chi connectivity index (χ3v) is 3.64. The largest absolute Gasteiger partial charge is 0.369 e. The SMILES string of the molecule is Cc1nn(C)cc1-n1c(N)nc2cnc3ccccc3c21. The van der Waals surface area contributed by atoms with Gasteiger partial charge in [-0.2, -0.15) is 5.10 Å². The lowest BCUT2D eigenvalue weighted by Gasteiger charge is -2.06. The number of hydrogen-bond acceptors (Lipinski definition) is 4. The number of imidazole rings is 1. The van der Waals surface area contributed by atoms with Gasteiger partial charge in [-0.05, 0) is 13.0 Å². The third kappa shape index (κ3) is 1.62. The number of nitrogen functional groups attached to an aromatic ring is 1. The molecule has 2 N–H and O–H groups in total. The van der Waals surface area contributed by atoms with Crippen LogP contribution < -0.4 is 5.73 Å². The standard InChI is InChI=1S/C15H14N6/c1-9-13(8-20(2)19-9)21-14-10-5-3-4-6-11(10)17-7-12(14)18-15(21)16/h3-8H,1-2H3,(H2,16,18). The second kappa shape index (κ2) is 4.05. The molecule has 0 aliphatic heterocycles. The second-order valence-electron chi connectivity index (χ2n) is 5.09. The molecular weight excluding hydrogens is 264 g/mol. The molecule has 6 nitrogen and oxygen atoms in total. The van der Waals surface area contributed by atoms with Crippen molar-refractivity contribution < 1.29 is 0 Å². The minimum absolute atomic E-state index is 0.444. The number of aryl methyl sites for hydroxylation is 2. The van der Waals surface area contributed by atoms with Gasteiger partial charge in [-0.15, -0.1) is 0 Å². The van der Waals surface area contributed by atoms with Crippen LogP contribution in [0, 0.1) is 6.92 Å². The number of rotatable bonds is 1. The number of para-hydroxylation sites is 1. The fraction of sp³-hybridized carbons (Fsp3) is 0.133. The fourth-order valence-electron chi connectivity index (χ4n) is 2.77. The smallest absolute Gasteiger partial charge is 0.206 e. The molecule has 104 valence electrons. The molecule has 4 rings (SSSR count). The summed E-state index contributed by atoms with van der Waals surface area (Å²) in [6.07, 6.45) is 3.71. The molecule has 0 atom stereocenters. The highest BCUT2D eigenvalue weighted by Crippen LogP contribution is 2.29. The van der Waals surface area contributed by atoms with Crippen LogP contribution in [-0.2, 0) is 7.05 Å². The number of aromatic nitrogens is 5. The average molecular weight is 278 g/mol. The number of anilines is 1. The third-order valence-electron chi connectivity index (χ3n) is 3.64. The molecule has 0 spiro atoms. The maximum atomic E-state index is 6.14. The Kier molecular flexibility index (Phi) is 2.29. The van der Waals surface area contributed by atoms with Gasteiger partial charge in [0, 0.05) is 18.6 Å². The summed E-state index contributed by atoms with van der Waals surface area (Å²) in [5.74, 6) is 0.444. The minimum atomic E-state index is 0.444. The highest BCUT2D eigenvalue weighted by atomic mass is 15.3. The molecular formula is C15H14N6. The van der Waals surface area contributed by atoms with Crippen molar-refractivity contribution in [3.63, 3.8) is 0 Å². The topological polar surface area (TPSA) is 74.5 Å². The van der Waals surface area contributed by atoms with Crippen LogP contribution in [0.15, 0.2) is 36.7 Å². The highest BCUT2D eigenvalue weighted by Gasteiger charge is 2.16. The predicted molar refractivity (Wildman–Crippen MR) is 82.3 cm³/mol. The lowest BCUT2D eigenvalue weighted by Crippen LogP contribution is -2.01. The van der Waals surface area contributed by atoms with E-state index in [1.54, 1.807) is 10.9 Å². The van der Waals surface area contributed by atoms with E-state index in [1.165, 1.54) is 0 Å². The Morgan fingerprint density at radius 1 is 1.14 bits per heavy atom. The molecule has 0 saturated heterocycles. The lowest BCUT2D eigenvalue weighted by molar-refractivity contribution is 0.756. The minimum Gasteiger partial charge on any atom is -0.369 e. The lowest BCUT2D eigenvalue weighted by atomic mass is 10.2. The quantitative estimate of drug-likeness (QED) is 0.579. The average Bonchev–Trinajstić information content (AvgIpc) is 2.97. The van der Waals surface area contributed by atoms with E-state index in [4.69, 9.17) is 5.73 Å². The summed E-state index contributed by atoms with van der Waals surface area (Å²) in [7, 11) is 1.89. The molecule has 21 heavy (non-hydrogen) atoms. The number of nitrogens with two attached hydrogens (primary N) is 1. The first-order chi connectivity index (χ1) is 10.1. The van der Waals surface area contributed by atoms with E-state index < -0.39 is 0 Å². The predicted octanol–water partition coefficient (Wildman–Crippen LogP) is 2.20. The number of hydrogen-bond donors (Lipinski definition) is 1. The Hall–Kier alpha value is -2.89. The van der Waals surface area contributed by atoms with Gasteiger partial charge in [0.05, 0.1) is 28.6 Å². The number of pyridine rings is 1. The Labute approximate surface area is 120 Å². The van der Waals surface area contributed by atoms with Crippen molar-refractivity contribution in [3.05, 3.63) is 42.4 Å². The van der Waals surface area contributed by atoms with Gasteiger partial charge in [0.25, 0.3) is 0 Å². The van der Waals surface area contributed by atoms with Gasteiger partial charge in [-0.1, -0.05) is 18.2 Å². The van der Waals surface area contributed by atoms with Gasteiger partial charge in [-0.3, -0.25) is 14.2 Å². The Balaban J connectivity index is 2.20. The zero-order chi connectivity index (χ0) is 14.6. The zero-order valence-corrected chi connectivity index (χ0v) is 11.8. The summed E-state index contributed by atoms with van der Waals surface area (Å²) in [6, 6.07) is 7.99. The molecule has 4 aromatic rings. The summed E-state index contributed by atoms with van der Waals surface area (Å²) in [6.45, 7) is 1.96. The zero-order valence-electron chi connectivity index (χ0n) is 11.8. The molecule has 1 aromatic carbocycles. The maximum Gasteiger partial charge on any atom is 0.206 e. The Bertz CT molecular complexity index is 979. The first-order valence-electron chi connectivity index (χ1n) is 6.67. The molecule has 0 bridgehead atoms. The summed E-state index contributed by atoms with van der Waals surface area (Å²) in [5, 5.41) is 5.42. The molecule has 0 amide bonds. The molecule has 0 saturated carbocycles. The molecule has 0 aliphatic carbocycles. The summed E-state index contributed by atoms with van der Waals surface area (Å²) >= 11 is 0. The van der Waals surface area contributed by atoms with E-state index >= 15 is 0 Å². The second-order valence-corrected chi connectivity index (χ2v) is 5.09. The molecule has 0 aliphatic rings. The molecule has 6 heteroatoms. The monoisotopic (exact) mass is 278 g/mol. The summed E-state index contributed by atoms with van der Waals surface area (Å²) < 4.78 is 3.72. The van der Waals surface area contributed by atoms with E-state index in [0.29, 0.717) is 5.95 Å². The fourth-order valence-corrected chi connectivity index (χ4v) is 2.77. The molecule has 0 radical (unpaired) electrons. The molecule has 3 aromatic heterocycles. The maximum absolute atomic E-state index is 6.14. The molecule has 3 heterocycles. The van der Waals surface area contributed by atoms with Crippen molar-refractivity contribution in [2.75, 3.05) is 5.73 Å². The van der Waals surface area contributed by atoms with Crippen LogP contribution in [0.1, 0.15) is 5.69 Å². The van der Waals surface area contributed by atoms with Crippen LogP contribution in [0.5, 0.6) is 0 Å². The van der Waals surface area contributed by atoms with Crippen LogP contribution in [0.4, 0.5) is 5.95 Å². The van der Waals surface area contributed by atoms with E-state index in [2.05, 4.69) is 15.1 Å². The van der Waals surface area contributed by atoms with Crippen LogP contribution in [0.3, 0.4) is 0 Å². The van der Waals surface area contributed by atoms with E-state index in [-0.39, 0.29) is 0 Å². The van der Waals surface area contributed by atoms with Gasteiger partial charge >= 0.3 is 0 Å². The van der Waals surface area contributed by atoms with Crippen molar-refractivity contribution in [1.29, 1.82) is 0 Å². The van der Waals surface area contributed by atoms with Gasteiger partial charge < -0.3 is 5.73 Å². The van der Waals surface area contributed by atoms with E-state index in [9.17, 15) is 0 Å². The van der Waals surface area contributed by atoms with Crippen molar-refractivity contribution in [2.24, 2.45) is 7.05 Å². The van der Waals surface area contributed by atoms with Crippen LogP contribution in [0.2, 0.25) is 0 Å². The normalized spacial score (nSPS) is 11.5. The van der Waals surface area contributed by atoms with Gasteiger partial charge in [0.1, 0.15) is 5.52 Å². The van der Waals surface area contributed by atoms with E-state index in [0.717, 1.165) is 33.3 Å². The van der Waals surface area contributed by atoms with Crippen molar-refractivity contribution in [1.82, 2.24) is 24.3 Å². The summed E-state index contributed by atoms with van der Waals surface area (Å²) in [5.41, 5.74) is 10.7. The van der Waals surface area contributed by atoms with Crippen LogP contribution in [0.25, 0.3) is 27.6 Å². The van der Waals surface area contributed by atoms with Gasteiger partial charge in [0.15, 0.2) is 0 Å². The first-order valence-corrected chi connectivity index (χ1v) is 6.67. The Morgan fingerprint density at radius 2 is 1.95 bits per heavy atom. The van der Waals surface area contributed by atoms with Crippen LogP contribution >= 0.6 is 0 Å². The van der Waals surface area contributed by atoms with Gasteiger partial charge in [0.2, 0.25) is 5.95 Å². The van der Waals surface area contributed by atoms with Crippen molar-refractivity contribution in [3.8, 4) is 5.69 Å². The number of benzene rings is 1. The molecule has 0 unspecified atom stereocenters. The Morgan fingerprint density at radius 3 is 2.71 bits per heavy atom. The van der Waals surface area contributed by atoms with Crippen LogP contribution in [-0.4, -0.2) is 24.3 Å². The summed E-state index contributed by atoms with van der Waals surface area (Å²) in [4.78, 5) is 8.86. The first kappa shape index (κ1) is 11.9.